The molecule has 144 valence electrons. The van der Waals surface area contributed by atoms with Crippen molar-refractivity contribution in [1.82, 2.24) is 0 Å². The van der Waals surface area contributed by atoms with E-state index >= 15 is 0 Å². The van der Waals surface area contributed by atoms with Crippen LogP contribution in [-0.2, 0) is 9.59 Å². The van der Waals surface area contributed by atoms with Crippen LogP contribution in [0.25, 0.3) is 0 Å². The van der Waals surface area contributed by atoms with Crippen LogP contribution in [-0.4, -0.2) is 11.7 Å². The molecule has 0 saturated carbocycles. The van der Waals surface area contributed by atoms with E-state index < -0.39 is 0 Å². The number of halogens is 2. The lowest BCUT2D eigenvalue weighted by atomic mass is 9.77. The molecule has 0 aromatic heterocycles. The average Bonchev–Trinajstić information content (AvgIpc) is 2.64. The fourth-order valence-electron chi connectivity index (χ4n) is 4.28. The lowest BCUT2D eigenvalue weighted by Crippen LogP contribution is -2.41. The van der Waals surface area contributed by atoms with Crippen molar-refractivity contribution in [3.8, 4) is 0 Å². The van der Waals surface area contributed by atoms with Gasteiger partial charge in [-0.1, -0.05) is 41.4 Å². The zero-order valence-electron chi connectivity index (χ0n) is 15.9. The van der Waals surface area contributed by atoms with E-state index in [-0.39, 0.29) is 24.0 Å². The molecule has 2 aromatic rings. The van der Waals surface area contributed by atoms with Crippen molar-refractivity contribution in [3.05, 3.63) is 74.4 Å². The SMILES string of the molecule is Cc1ccc(C)c(N2C(=O)CC(c3ccc(Cl)cc3Cl)C3=C2CCCC3=O)c1. The van der Waals surface area contributed by atoms with Gasteiger partial charge >= 0.3 is 0 Å². The highest BCUT2D eigenvalue weighted by Gasteiger charge is 2.40. The number of hydrogen-bond donors (Lipinski definition) is 0. The van der Waals surface area contributed by atoms with E-state index in [0.717, 1.165) is 40.1 Å². The van der Waals surface area contributed by atoms with Crippen molar-refractivity contribution in [3.63, 3.8) is 0 Å². The first-order valence-corrected chi connectivity index (χ1v) is 10.2. The lowest BCUT2D eigenvalue weighted by Gasteiger charge is -2.39. The highest BCUT2D eigenvalue weighted by Crippen LogP contribution is 2.45. The molecule has 1 atom stereocenters. The van der Waals surface area contributed by atoms with Gasteiger partial charge < -0.3 is 0 Å². The van der Waals surface area contributed by atoms with Gasteiger partial charge in [-0.15, -0.1) is 0 Å². The predicted molar refractivity (Wildman–Crippen MR) is 113 cm³/mol. The first-order chi connectivity index (χ1) is 13.4. The fourth-order valence-corrected chi connectivity index (χ4v) is 4.82. The topological polar surface area (TPSA) is 37.4 Å². The number of anilines is 1. The number of aryl methyl sites for hydroxylation is 2. The maximum Gasteiger partial charge on any atom is 0.232 e. The van der Waals surface area contributed by atoms with Gasteiger partial charge in [0, 0.05) is 40.1 Å². The van der Waals surface area contributed by atoms with E-state index in [0.29, 0.717) is 22.9 Å². The van der Waals surface area contributed by atoms with Crippen molar-refractivity contribution in [2.45, 2.75) is 45.4 Å². The summed E-state index contributed by atoms with van der Waals surface area (Å²) in [6.07, 6.45) is 2.20. The van der Waals surface area contributed by atoms with Crippen LogP contribution < -0.4 is 4.90 Å². The van der Waals surface area contributed by atoms with Crippen LogP contribution in [0.1, 0.15) is 48.3 Å². The van der Waals surface area contributed by atoms with Crippen LogP contribution in [0.5, 0.6) is 0 Å². The molecule has 2 aliphatic rings. The van der Waals surface area contributed by atoms with Gasteiger partial charge in [-0.25, -0.2) is 0 Å². The Bertz CT molecular complexity index is 1030. The molecule has 0 N–H and O–H groups in total. The van der Waals surface area contributed by atoms with Crippen molar-refractivity contribution >= 4 is 40.6 Å². The molecule has 0 radical (unpaired) electrons. The number of Topliss-reactive ketones (excluding diaryl/α,β-unsaturated/α-hetero) is 1. The van der Waals surface area contributed by atoms with E-state index in [1.165, 1.54) is 0 Å². The highest BCUT2D eigenvalue weighted by atomic mass is 35.5. The van der Waals surface area contributed by atoms with Crippen molar-refractivity contribution < 1.29 is 9.59 Å². The predicted octanol–water partition coefficient (Wildman–Crippen LogP) is 6.14. The number of carbonyl (C=O) groups excluding carboxylic acids is 2. The number of ketones is 1. The minimum absolute atomic E-state index is 0.00170. The summed E-state index contributed by atoms with van der Waals surface area (Å²) in [6.45, 7) is 4.00. The molecule has 0 bridgehead atoms. The van der Waals surface area contributed by atoms with Crippen LogP contribution >= 0.6 is 23.2 Å². The molecule has 5 heteroatoms. The largest absolute Gasteiger partial charge is 0.294 e. The van der Waals surface area contributed by atoms with Gasteiger partial charge in [0.25, 0.3) is 0 Å². The Labute approximate surface area is 174 Å². The molecule has 1 unspecified atom stereocenters. The molecule has 0 saturated heterocycles. The lowest BCUT2D eigenvalue weighted by molar-refractivity contribution is -0.119. The van der Waals surface area contributed by atoms with Crippen LogP contribution in [0.15, 0.2) is 47.7 Å². The summed E-state index contributed by atoms with van der Waals surface area (Å²) >= 11 is 12.5. The molecule has 2 aromatic carbocycles. The smallest absolute Gasteiger partial charge is 0.232 e. The molecule has 28 heavy (non-hydrogen) atoms. The van der Waals surface area contributed by atoms with Crippen molar-refractivity contribution in [2.24, 2.45) is 0 Å². The molecular weight excluding hydrogens is 393 g/mol. The highest BCUT2D eigenvalue weighted by molar-refractivity contribution is 6.35. The first-order valence-electron chi connectivity index (χ1n) is 9.48. The first kappa shape index (κ1) is 19.2. The fraction of sp³-hybridized carbons (Fsp3) is 0.304. The summed E-state index contributed by atoms with van der Waals surface area (Å²) in [7, 11) is 0. The summed E-state index contributed by atoms with van der Waals surface area (Å²) in [4.78, 5) is 28.0. The van der Waals surface area contributed by atoms with Crippen LogP contribution in [0, 0.1) is 13.8 Å². The van der Waals surface area contributed by atoms with Crippen LogP contribution in [0.2, 0.25) is 10.0 Å². The van der Waals surface area contributed by atoms with E-state index in [2.05, 4.69) is 0 Å². The number of carbonyl (C=O) groups is 2. The summed E-state index contributed by atoms with van der Waals surface area (Å²) in [5.41, 5.74) is 5.33. The molecule has 1 aliphatic carbocycles. The van der Waals surface area contributed by atoms with Crippen LogP contribution in [0.3, 0.4) is 0 Å². The van der Waals surface area contributed by atoms with Crippen LogP contribution in [0.4, 0.5) is 5.69 Å². The summed E-state index contributed by atoms with van der Waals surface area (Å²) < 4.78 is 0. The van der Waals surface area contributed by atoms with Gasteiger partial charge in [0.15, 0.2) is 5.78 Å². The second kappa shape index (κ2) is 7.38. The molecular formula is C23H21Cl2NO2. The maximum atomic E-state index is 13.3. The molecule has 0 spiro atoms. The van der Waals surface area contributed by atoms with E-state index in [1.54, 1.807) is 17.0 Å². The third-order valence-corrected chi connectivity index (χ3v) is 6.18. The normalized spacial score (nSPS) is 19.9. The molecule has 0 fully saturated rings. The van der Waals surface area contributed by atoms with Gasteiger partial charge in [0.1, 0.15) is 0 Å². The maximum absolute atomic E-state index is 13.3. The zero-order chi connectivity index (χ0) is 20.0. The molecule has 3 nitrogen and oxygen atoms in total. The monoisotopic (exact) mass is 413 g/mol. The van der Waals surface area contributed by atoms with Crippen molar-refractivity contribution in [2.75, 3.05) is 4.90 Å². The number of amides is 1. The standard InChI is InChI=1S/C23H21Cl2NO2/c1-13-6-7-14(2)20(10-13)26-19-4-3-5-21(27)23(19)17(12-22(26)28)16-9-8-15(24)11-18(16)25/h6-11,17H,3-5,12H2,1-2H3. The van der Waals surface area contributed by atoms with E-state index in [4.69, 9.17) is 23.2 Å². The third-order valence-electron chi connectivity index (χ3n) is 5.62. The minimum atomic E-state index is -0.318. The minimum Gasteiger partial charge on any atom is -0.294 e. The number of rotatable bonds is 2. The summed E-state index contributed by atoms with van der Waals surface area (Å²) in [5.74, 6) is -0.209. The average molecular weight is 414 g/mol. The zero-order valence-corrected chi connectivity index (χ0v) is 17.4. The van der Waals surface area contributed by atoms with Crippen molar-refractivity contribution in [1.29, 1.82) is 0 Å². The Kier molecular flexibility index (Phi) is 5.07. The number of hydrogen-bond acceptors (Lipinski definition) is 2. The number of nitrogens with zero attached hydrogens (tertiary/aromatic N) is 1. The Balaban J connectivity index is 1.91. The Morgan fingerprint density at radius 2 is 1.79 bits per heavy atom. The molecule has 4 rings (SSSR count). The summed E-state index contributed by atoms with van der Waals surface area (Å²) in [6, 6.07) is 11.3. The Morgan fingerprint density at radius 3 is 2.54 bits per heavy atom. The Morgan fingerprint density at radius 1 is 1.00 bits per heavy atom. The summed E-state index contributed by atoms with van der Waals surface area (Å²) in [5, 5.41) is 1.03. The van der Waals surface area contributed by atoms with Gasteiger partial charge in [-0.3, -0.25) is 14.5 Å². The number of allylic oxidation sites excluding steroid dienone is 2. The van der Waals surface area contributed by atoms with Gasteiger partial charge in [0.2, 0.25) is 5.91 Å². The van der Waals surface area contributed by atoms with Gasteiger partial charge in [-0.2, -0.15) is 0 Å². The molecule has 1 heterocycles. The van der Waals surface area contributed by atoms with E-state index in [1.807, 2.05) is 38.1 Å². The molecule has 1 amide bonds. The second-order valence-corrected chi connectivity index (χ2v) is 8.42. The van der Waals surface area contributed by atoms with Gasteiger partial charge in [0.05, 0.1) is 5.69 Å². The molecule has 1 aliphatic heterocycles. The van der Waals surface area contributed by atoms with Gasteiger partial charge in [-0.05, 0) is 61.6 Å². The third kappa shape index (κ3) is 3.27. The van der Waals surface area contributed by atoms with E-state index in [9.17, 15) is 9.59 Å². The quantitative estimate of drug-likeness (QED) is 0.592. The Hall–Kier alpha value is -2.10. The number of benzene rings is 2. The second-order valence-electron chi connectivity index (χ2n) is 7.58.